The summed E-state index contributed by atoms with van der Waals surface area (Å²) in [6, 6.07) is 10.3. The van der Waals surface area contributed by atoms with Gasteiger partial charge in [-0.3, -0.25) is 4.72 Å². The van der Waals surface area contributed by atoms with Crippen molar-refractivity contribution in [1.29, 1.82) is 0 Å². The van der Waals surface area contributed by atoms with E-state index in [1.165, 1.54) is 30.5 Å². The Morgan fingerprint density at radius 3 is 2.43 bits per heavy atom. The van der Waals surface area contributed by atoms with Crippen LogP contribution in [-0.4, -0.2) is 51.1 Å². The van der Waals surface area contributed by atoms with E-state index in [-0.39, 0.29) is 29.5 Å². The zero-order chi connectivity index (χ0) is 30.5. The van der Waals surface area contributed by atoms with Crippen LogP contribution in [0.2, 0.25) is 5.02 Å². The van der Waals surface area contributed by atoms with E-state index in [1.807, 2.05) is 14.1 Å². The van der Waals surface area contributed by atoms with Gasteiger partial charge in [-0.1, -0.05) is 36.6 Å². The number of hydrogen-bond acceptors (Lipinski definition) is 6. The molecule has 1 saturated carbocycles. The van der Waals surface area contributed by atoms with E-state index in [4.69, 9.17) is 16.3 Å². The summed E-state index contributed by atoms with van der Waals surface area (Å²) in [5.41, 5.74) is 0.388. The maximum Gasteiger partial charge on any atom is 0.416 e. The quantitative estimate of drug-likeness (QED) is 0.176. The molecule has 1 aliphatic carbocycles. The Balaban J connectivity index is 1.32. The standard InChI is InChI=1S/C29H33ClF4N4O3S/c1-38(2)26-8-4-3-7-24(26)36-25-17-23(31)27(16-22(25)30)42(39,40)37-28-14-13-21(18-35-28)41-15-5-6-19-9-11-20(12-10-19)29(32,33)34/h9-14,16-18,24,26,36H,3-8,15H2,1-2H3,(H,35,37)/t24-,26-/m0/s1. The Labute approximate surface area is 248 Å². The van der Waals surface area contributed by atoms with Crippen molar-refractivity contribution in [2.24, 2.45) is 0 Å². The smallest absolute Gasteiger partial charge is 0.416 e. The van der Waals surface area contributed by atoms with Gasteiger partial charge in [0.1, 0.15) is 22.3 Å². The van der Waals surface area contributed by atoms with Gasteiger partial charge >= 0.3 is 6.18 Å². The third-order valence-electron chi connectivity index (χ3n) is 7.18. The van der Waals surface area contributed by atoms with E-state index in [9.17, 15) is 21.6 Å². The normalized spacial score (nSPS) is 17.7. The molecule has 0 radical (unpaired) electrons. The highest BCUT2D eigenvalue weighted by Crippen LogP contribution is 2.33. The number of nitrogens with zero attached hydrogens (tertiary/aromatic N) is 2. The van der Waals surface area contributed by atoms with Gasteiger partial charge < -0.3 is 15.0 Å². The van der Waals surface area contributed by atoms with Gasteiger partial charge in [0.25, 0.3) is 10.0 Å². The van der Waals surface area contributed by atoms with Crippen molar-refractivity contribution in [2.45, 2.75) is 61.7 Å². The lowest BCUT2D eigenvalue weighted by Gasteiger charge is -2.37. The molecule has 1 aromatic heterocycles. The highest BCUT2D eigenvalue weighted by Gasteiger charge is 2.30. The van der Waals surface area contributed by atoms with E-state index in [2.05, 4.69) is 19.9 Å². The molecule has 2 aromatic carbocycles. The third-order valence-corrected chi connectivity index (χ3v) is 8.86. The molecule has 0 bridgehead atoms. The highest BCUT2D eigenvalue weighted by atomic mass is 35.5. The first-order valence-corrected chi connectivity index (χ1v) is 15.4. The summed E-state index contributed by atoms with van der Waals surface area (Å²) in [4.78, 5) is 5.56. The molecule has 0 amide bonds. The molecule has 1 heterocycles. The summed E-state index contributed by atoms with van der Waals surface area (Å²) in [5.74, 6) is -0.616. The van der Waals surface area contributed by atoms with Crippen molar-refractivity contribution in [3.05, 3.63) is 76.7 Å². The number of pyridine rings is 1. The molecule has 0 saturated heterocycles. The number of aryl methyl sites for hydroxylation is 1. The minimum atomic E-state index is -4.37. The number of nitrogens with one attached hydrogen (secondary N) is 2. The van der Waals surface area contributed by atoms with Crippen LogP contribution < -0.4 is 14.8 Å². The topological polar surface area (TPSA) is 83.6 Å². The molecule has 0 unspecified atom stereocenters. The number of likely N-dealkylation sites (N-methyl/N-ethyl adjacent to an activating group) is 1. The molecule has 13 heteroatoms. The summed E-state index contributed by atoms with van der Waals surface area (Å²) >= 11 is 6.39. The molecule has 1 aliphatic rings. The maximum atomic E-state index is 15.1. The van der Waals surface area contributed by atoms with Crippen LogP contribution >= 0.6 is 11.6 Å². The SMILES string of the molecule is CN(C)[C@H]1CCCC[C@@H]1Nc1cc(F)c(S(=O)(=O)Nc2ccc(OCCCc3ccc(C(F)(F)F)cc3)cn2)cc1Cl. The van der Waals surface area contributed by atoms with Gasteiger partial charge in [0.2, 0.25) is 0 Å². The van der Waals surface area contributed by atoms with E-state index in [1.54, 1.807) is 0 Å². The van der Waals surface area contributed by atoms with Crippen LogP contribution in [0.25, 0.3) is 0 Å². The lowest BCUT2D eigenvalue weighted by molar-refractivity contribution is -0.137. The zero-order valence-electron chi connectivity index (χ0n) is 23.2. The summed E-state index contributed by atoms with van der Waals surface area (Å²) in [7, 11) is -0.349. The third kappa shape index (κ3) is 8.26. The first-order valence-electron chi connectivity index (χ1n) is 13.5. The molecule has 228 valence electrons. The molecule has 2 N–H and O–H groups in total. The minimum absolute atomic E-state index is 0.0409. The van der Waals surface area contributed by atoms with E-state index >= 15 is 4.39 Å². The van der Waals surface area contributed by atoms with Crippen molar-refractivity contribution in [2.75, 3.05) is 30.7 Å². The molecule has 0 aliphatic heterocycles. The summed E-state index contributed by atoms with van der Waals surface area (Å²) < 4.78 is 86.9. The van der Waals surface area contributed by atoms with E-state index < -0.39 is 32.5 Å². The second-order valence-electron chi connectivity index (χ2n) is 10.5. The van der Waals surface area contributed by atoms with Gasteiger partial charge in [-0.15, -0.1) is 0 Å². The Hall–Kier alpha value is -3.09. The molecule has 1 fully saturated rings. The Kier molecular flexibility index (Phi) is 10.2. The molecule has 42 heavy (non-hydrogen) atoms. The van der Waals surface area contributed by atoms with Crippen molar-refractivity contribution >= 4 is 33.1 Å². The summed E-state index contributed by atoms with van der Waals surface area (Å²) in [6.45, 7) is 0.272. The second kappa shape index (κ2) is 13.5. The predicted octanol–water partition coefficient (Wildman–Crippen LogP) is 6.99. The lowest BCUT2D eigenvalue weighted by Crippen LogP contribution is -2.45. The molecular weight excluding hydrogens is 596 g/mol. The van der Waals surface area contributed by atoms with Crippen LogP contribution in [0.5, 0.6) is 5.75 Å². The number of rotatable bonds is 11. The van der Waals surface area contributed by atoms with Crippen molar-refractivity contribution in [1.82, 2.24) is 9.88 Å². The fourth-order valence-corrected chi connectivity index (χ4v) is 6.37. The number of anilines is 2. The number of alkyl halides is 3. The first-order chi connectivity index (χ1) is 19.8. The molecule has 7 nitrogen and oxygen atoms in total. The number of hydrogen-bond donors (Lipinski definition) is 2. The number of sulfonamides is 1. The van der Waals surface area contributed by atoms with Crippen LogP contribution in [0, 0.1) is 5.82 Å². The lowest BCUT2D eigenvalue weighted by atomic mass is 9.89. The molecule has 3 aromatic rings. The van der Waals surface area contributed by atoms with Gasteiger partial charge in [0, 0.05) is 12.1 Å². The molecular formula is C29H33ClF4N4O3S. The molecule has 2 atom stereocenters. The van der Waals surface area contributed by atoms with Crippen LogP contribution in [-0.2, 0) is 22.6 Å². The van der Waals surface area contributed by atoms with Gasteiger partial charge in [-0.05, 0) is 81.7 Å². The van der Waals surface area contributed by atoms with Gasteiger partial charge in [0.05, 0.1) is 29.1 Å². The molecule has 0 spiro atoms. The minimum Gasteiger partial charge on any atom is -0.492 e. The van der Waals surface area contributed by atoms with Gasteiger partial charge in [-0.25, -0.2) is 17.8 Å². The zero-order valence-corrected chi connectivity index (χ0v) is 24.8. The first kappa shape index (κ1) is 31.8. The predicted molar refractivity (Wildman–Crippen MR) is 155 cm³/mol. The Morgan fingerprint density at radius 2 is 1.79 bits per heavy atom. The highest BCUT2D eigenvalue weighted by molar-refractivity contribution is 7.92. The van der Waals surface area contributed by atoms with Crippen molar-refractivity contribution in [3.63, 3.8) is 0 Å². The number of ether oxygens (including phenoxy) is 1. The monoisotopic (exact) mass is 628 g/mol. The maximum absolute atomic E-state index is 15.1. The number of aromatic nitrogens is 1. The number of benzene rings is 2. The van der Waals surface area contributed by atoms with Crippen LogP contribution in [0.4, 0.5) is 29.1 Å². The van der Waals surface area contributed by atoms with Crippen LogP contribution in [0.1, 0.15) is 43.2 Å². The van der Waals surface area contributed by atoms with Crippen molar-refractivity contribution in [3.8, 4) is 5.75 Å². The molecule has 4 rings (SSSR count). The summed E-state index contributed by atoms with van der Waals surface area (Å²) in [6.07, 6.45) is 2.05. The fraction of sp³-hybridized carbons (Fsp3) is 0.414. The Bertz CT molecular complexity index is 1450. The average molecular weight is 629 g/mol. The van der Waals surface area contributed by atoms with E-state index in [0.29, 0.717) is 24.3 Å². The number of halogens is 5. The van der Waals surface area contributed by atoms with Gasteiger partial charge in [0.15, 0.2) is 0 Å². The van der Waals surface area contributed by atoms with Crippen LogP contribution in [0.15, 0.2) is 59.6 Å². The van der Waals surface area contributed by atoms with E-state index in [0.717, 1.165) is 55.5 Å². The van der Waals surface area contributed by atoms with Crippen molar-refractivity contribution < 1.29 is 30.7 Å². The fourth-order valence-electron chi connectivity index (χ4n) is 4.99. The average Bonchev–Trinajstić information content (AvgIpc) is 2.93. The summed E-state index contributed by atoms with van der Waals surface area (Å²) in [5, 5.41) is 3.39. The Morgan fingerprint density at radius 1 is 1.07 bits per heavy atom. The van der Waals surface area contributed by atoms with Gasteiger partial charge in [-0.2, -0.15) is 13.2 Å². The largest absolute Gasteiger partial charge is 0.492 e. The van der Waals surface area contributed by atoms with Crippen LogP contribution in [0.3, 0.4) is 0 Å². The second-order valence-corrected chi connectivity index (χ2v) is 12.5.